The summed E-state index contributed by atoms with van der Waals surface area (Å²) < 4.78 is 12.0. The van der Waals surface area contributed by atoms with E-state index >= 15 is 0 Å². The van der Waals surface area contributed by atoms with Crippen LogP contribution in [0.2, 0.25) is 0 Å². The fourth-order valence-electron chi connectivity index (χ4n) is 2.69. The van der Waals surface area contributed by atoms with Gasteiger partial charge in [0.15, 0.2) is 6.61 Å². The van der Waals surface area contributed by atoms with Crippen LogP contribution in [0.25, 0.3) is 0 Å². The molecule has 0 bridgehead atoms. The zero-order valence-corrected chi connectivity index (χ0v) is 12.9. The molecule has 6 nitrogen and oxygen atoms in total. The maximum absolute atomic E-state index is 12.3. The van der Waals surface area contributed by atoms with Gasteiger partial charge in [0.05, 0.1) is 5.69 Å². The molecule has 0 N–H and O–H groups in total. The largest absolute Gasteiger partial charge is 0.451 e. The van der Waals surface area contributed by atoms with Crippen LogP contribution in [0, 0.1) is 20.8 Å². The molecule has 0 saturated heterocycles. The van der Waals surface area contributed by atoms with E-state index in [4.69, 9.17) is 9.26 Å². The molecule has 2 aromatic heterocycles. The Kier molecular flexibility index (Phi) is 3.60. The summed E-state index contributed by atoms with van der Waals surface area (Å²) in [5, 5.41) is 3.61. The third-order valence-electron chi connectivity index (χ3n) is 3.86. The van der Waals surface area contributed by atoms with Crippen LogP contribution in [0.1, 0.15) is 56.9 Å². The minimum Gasteiger partial charge on any atom is -0.451 e. The first-order valence-corrected chi connectivity index (χ1v) is 7.29. The molecule has 6 heteroatoms. The van der Waals surface area contributed by atoms with Gasteiger partial charge in [-0.1, -0.05) is 5.16 Å². The van der Waals surface area contributed by atoms with Gasteiger partial charge >= 0.3 is 5.97 Å². The summed E-state index contributed by atoms with van der Waals surface area (Å²) in [5.74, 6) is -0.872. The minimum absolute atomic E-state index is 0.00810. The summed E-state index contributed by atoms with van der Waals surface area (Å²) in [4.78, 5) is 24.0. The molecule has 0 amide bonds. The maximum atomic E-state index is 12.3. The number of ether oxygens (including phenoxy) is 1. The summed E-state index contributed by atoms with van der Waals surface area (Å²) in [6.07, 6.45) is 2.31. The number of carbonyl (C=O) groups is 2. The van der Waals surface area contributed by atoms with Crippen molar-refractivity contribution in [2.45, 2.75) is 39.7 Å². The Morgan fingerprint density at radius 2 is 2.05 bits per heavy atom. The summed E-state index contributed by atoms with van der Waals surface area (Å²) in [6.45, 7) is 5.33. The molecule has 2 aromatic rings. The number of nitrogens with zero attached hydrogens (tertiary/aromatic N) is 2. The number of hydrogen-bond donors (Lipinski definition) is 0. The summed E-state index contributed by atoms with van der Waals surface area (Å²) in [5.41, 5.74) is 3.22. The van der Waals surface area contributed by atoms with E-state index in [-0.39, 0.29) is 18.2 Å². The molecule has 1 fully saturated rings. The van der Waals surface area contributed by atoms with Gasteiger partial charge in [0.1, 0.15) is 0 Å². The summed E-state index contributed by atoms with van der Waals surface area (Å²) in [6, 6.07) is 3.86. The fraction of sp³-hybridized carbons (Fsp3) is 0.438. The molecule has 0 atom stereocenters. The van der Waals surface area contributed by atoms with Crippen molar-refractivity contribution >= 4 is 11.8 Å². The second kappa shape index (κ2) is 5.44. The van der Waals surface area contributed by atoms with Gasteiger partial charge in [-0.15, -0.1) is 0 Å². The van der Waals surface area contributed by atoms with Crippen LogP contribution in [0.4, 0.5) is 0 Å². The number of hydrogen-bond acceptors (Lipinski definition) is 5. The lowest BCUT2D eigenvalue weighted by molar-refractivity contribution is 0.0435. The highest BCUT2D eigenvalue weighted by Gasteiger charge is 2.28. The number of Topliss-reactive ketones (excluding diaryl/α,β-unsaturated/α-hetero) is 1. The van der Waals surface area contributed by atoms with Gasteiger partial charge in [-0.25, -0.2) is 4.79 Å². The molecule has 1 saturated carbocycles. The monoisotopic (exact) mass is 302 g/mol. The number of rotatable bonds is 5. The molecule has 0 aromatic carbocycles. The van der Waals surface area contributed by atoms with Crippen LogP contribution in [0.3, 0.4) is 0 Å². The molecule has 0 unspecified atom stereocenters. The van der Waals surface area contributed by atoms with Crippen LogP contribution in [-0.4, -0.2) is 28.1 Å². The van der Waals surface area contributed by atoms with Crippen molar-refractivity contribution < 1.29 is 18.8 Å². The molecule has 1 aliphatic rings. The van der Waals surface area contributed by atoms with E-state index < -0.39 is 5.97 Å². The Labute approximate surface area is 128 Å². The number of esters is 1. The first-order valence-electron chi connectivity index (χ1n) is 7.29. The normalized spacial score (nSPS) is 14.1. The van der Waals surface area contributed by atoms with Crippen LogP contribution < -0.4 is 0 Å². The van der Waals surface area contributed by atoms with Crippen molar-refractivity contribution in [3.63, 3.8) is 0 Å². The average Bonchev–Trinajstić information content (AvgIpc) is 3.14. The first kappa shape index (κ1) is 14.6. The van der Waals surface area contributed by atoms with E-state index in [1.807, 2.05) is 19.9 Å². The molecule has 0 spiro atoms. The highest BCUT2D eigenvalue weighted by Crippen LogP contribution is 2.38. The molecule has 2 heterocycles. The Morgan fingerprint density at radius 1 is 1.32 bits per heavy atom. The maximum Gasteiger partial charge on any atom is 0.377 e. The molecular formula is C16H18N2O4. The number of aromatic nitrogens is 2. The number of ketones is 1. The standard InChI is InChI=1S/C16H18N2O4/c1-9-6-15(22-17-9)16(20)21-8-14(19)13-7-10(2)18(11(13)3)12-4-5-12/h6-7,12H,4-5,8H2,1-3H3. The van der Waals surface area contributed by atoms with Gasteiger partial charge in [0, 0.05) is 29.1 Å². The van der Waals surface area contributed by atoms with Crippen LogP contribution in [0.5, 0.6) is 0 Å². The van der Waals surface area contributed by atoms with Gasteiger partial charge < -0.3 is 13.8 Å². The Hall–Kier alpha value is -2.37. The predicted octanol–water partition coefficient (Wildman–Crippen LogP) is 2.78. The van der Waals surface area contributed by atoms with E-state index in [0.717, 1.165) is 24.2 Å². The van der Waals surface area contributed by atoms with E-state index in [0.29, 0.717) is 17.3 Å². The quantitative estimate of drug-likeness (QED) is 0.627. The van der Waals surface area contributed by atoms with Gasteiger partial charge in [0.25, 0.3) is 0 Å². The topological polar surface area (TPSA) is 74.3 Å². The molecule has 3 rings (SSSR count). The second-order valence-corrected chi connectivity index (χ2v) is 5.72. The Morgan fingerprint density at radius 3 is 2.64 bits per heavy atom. The van der Waals surface area contributed by atoms with Crippen molar-refractivity contribution in [2.24, 2.45) is 0 Å². The van der Waals surface area contributed by atoms with Crippen LogP contribution in [0.15, 0.2) is 16.7 Å². The van der Waals surface area contributed by atoms with Crippen molar-refractivity contribution in [1.29, 1.82) is 0 Å². The van der Waals surface area contributed by atoms with E-state index in [2.05, 4.69) is 9.72 Å². The highest BCUT2D eigenvalue weighted by molar-refractivity contribution is 6.00. The fourth-order valence-corrected chi connectivity index (χ4v) is 2.69. The molecule has 116 valence electrons. The predicted molar refractivity (Wildman–Crippen MR) is 78.0 cm³/mol. The third-order valence-corrected chi connectivity index (χ3v) is 3.86. The zero-order chi connectivity index (χ0) is 15.9. The van der Waals surface area contributed by atoms with Crippen LogP contribution >= 0.6 is 0 Å². The lowest BCUT2D eigenvalue weighted by Crippen LogP contribution is -2.14. The first-order chi connectivity index (χ1) is 10.5. The van der Waals surface area contributed by atoms with E-state index in [1.165, 1.54) is 6.07 Å². The van der Waals surface area contributed by atoms with Crippen LogP contribution in [-0.2, 0) is 4.74 Å². The Bertz CT molecular complexity index is 737. The van der Waals surface area contributed by atoms with Gasteiger partial charge in [0.2, 0.25) is 11.5 Å². The molecular weight excluding hydrogens is 284 g/mol. The van der Waals surface area contributed by atoms with E-state index in [1.54, 1.807) is 6.92 Å². The minimum atomic E-state index is -0.676. The van der Waals surface area contributed by atoms with Gasteiger partial charge in [-0.05, 0) is 39.7 Å². The zero-order valence-electron chi connectivity index (χ0n) is 12.9. The highest BCUT2D eigenvalue weighted by atomic mass is 16.6. The number of carbonyl (C=O) groups excluding carboxylic acids is 2. The molecule has 0 radical (unpaired) electrons. The lowest BCUT2D eigenvalue weighted by Gasteiger charge is -2.07. The SMILES string of the molecule is Cc1cc(C(=O)OCC(=O)c2cc(C)n(C3CC3)c2C)on1. The van der Waals surface area contributed by atoms with E-state index in [9.17, 15) is 9.59 Å². The summed E-state index contributed by atoms with van der Waals surface area (Å²) >= 11 is 0. The second-order valence-electron chi connectivity index (χ2n) is 5.72. The van der Waals surface area contributed by atoms with Crippen molar-refractivity contribution in [1.82, 2.24) is 9.72 Å². The van der Waals surface area contributed by atoms with Gasteiger partial charge in [-0.3, -0.25) is 4.79 Å². The van der Waals surface area contributed by atoms with Crippen molar-refractivity contribution in [3.8, 4) is 0 Å². The number of aryl methyl sites for hydroxylation is 2. The average molecular weight is 302 g/mol. The van der Waals surface area contributed by atoms with Crippen molar-refractivity contribution in [3.05, 3.63) is 40.5 Å². The third kappa shape index (κ3) is 2.68. The van der Waals surface area contributed by atoms with Gasteiger partial charge in [-0.2, -0.15) is 0 Å². The smallest absolute Gasteiger partial charge is 0.377 e. The molecule has 1 aliphatic carbocycles. The lowest BCUT2D eigenvalue weighted by atomic mass is 10.1. The summed E-state index contributed by atoms with van der Waals surface area (Å²) in [7, 11) is 0. The molecule has 0 aliphatic heterocycles. The van der Waals surface area contributed by atoms with Crippen molar-refractivity contribution in [2.75, 3.05) is 6.61 Å². The molecule has 22 heavy (non-hydrogen) atoms. The Balaban J connectivity index is 1.67.